The minimum Gasteiger partial charge on any atom is -0.370 e. The lowest BCUT2D eigenvalue weighted by Gasteiger charge is -2.33. The molecule has 1 atom stereocenters. The highest BCUT2D eigenvalue weighted by atomic mass is 16.5. The Bertz CT molecular complexity index is 660. The van der Waals surface area contributed by atoms with E-state index in [-0.39, 0.29) is 6.10 Å². The largest absolute Gasteiger partial charge is 0.370 e. The molecule has 0 N–H and O–H groups in total. The topological polar surface area (TPSA) is 67.0 Å². The van der Waals surface area contributed by atoms with E-state index in [1.807, 2.05) is 23.1 Å². The number of morpholine rings is 1. The number of aromatic nitrogens is 3. The highest BCUT2D eigenvalue weighted by molar-refractivity contribution is 5.45. The van der Waals surface area contributed by atoms with Gasteiger partial charge in [0.2, 0.25) is 0 Å². The van der Waals surface area contributed by atoms with Gasteiger partial charge in [-0.2, -0.15) is 10.4 Å². The molecule has 0 saturated carbocycles. The molecule has 6 nitrogen and oxygen atoms in total. The van der Waals surface area contributed by atoms with Gasteiger partial charge >= 0.3 is 0 Å². The molecule has 0 radical (unpaired) electrons. The normalized spacial score (nSPS) is 18.5. The Hall–Kier alpha value is -2.39. The summed E-state index contributed by atoms with van der Waals surface area (Å²) in [4.78, 5) is 6.51. The first kappa shape index (κ1) is 13.6. The molecule has 0 bridgehead atoms. The molecule has 0 aromatic carbocycles. The molecule has 0 amide bonds. The van der Waals surface area contributed by atoms with Gasteiger partial charge in [-0.1, -0.05) is 0 Å². The molecule has 6 heteroatoms. The molecule has 0 spiro atoms. The van der Waals surface area contributed by atoms with Crippen LogP contribution in [0.15, 0.2) is 30.7 Å². The predicted molar refractivity (Wildman–Crippen MR) is 77.8 cm³/mol. The maximum absolute atomic E-state index is 8.99. The van der Waals surface area contributed by atoms with Gasteiger partial charge in [0, 0.05) is 37.6 Å². The van der Waals surface area contributed by atoms with E-state index in [4.69, 9.17) is 10.00 Å². The first-order valence-corrected chi connectivity index (χ1v) is 7.05. The van der Waals surface area contributed by atoms with Gasteiger partial charge in [0.15, 0.2) is 0 Å². The van der Waals surface area contributed by atoms with Crippen LogP contribution >= 0.6 is 0 Å². The zero-order valence-corrected chi connectivity index (χ0v) is 11.9. The van der Waals surface area contributed by atoms with Gasteiger partial charge in [-0.05, 0) is 19.1 Å². The number of hydrogen-bond acceptors (Lipinski definition) is 5. The molecule has 1 fully saturated rings. The Morgan fingerprint density at radius 3 is 3.19 bits per heavy atom. The molecule has 0 aliphatic carbocycles. The monoisotopic (exact) mass is 283 g/mol. The van der Waals surface area contributed by atoms with Crippen LogP contribution in [0.5, 0.6) is 0 Å². The smallest absolute Gasteiger partial charge is 0.129 e. The lowest BCUT2D eigenvalue weighted by atomic mass is 10.1. The third-order valence-electron chi connectivity index (χ3n) is 3.61. The van der Waals surface area contributed by atoms with Crippen molar-refractivity contribution in [2.45, 2.75) is 19.6 Å². The van der Waals surface area contributed by atoms with Crippen molar-refractivity contribution in [1.82, 2.24) is 14.8 Å². The number of nitrogens with zero attached hydrogens (tertiary/aromatic N) is 5. The van der Waals surface area contributed by atoms with E-state index in [9.17, 15) is 0 Å². The summed E-state index contributed by atoms with van der Waals surface area (Å²) in [5, 5.41) is 13.3. The molecule has 2 aromatic heterocycles. The lowest BCUT2D eigenvalue weighted by molar-refractivity contribution is 0.0395. The predicted octanol–water partition coefficient (Wildman–Crippen LogP) is 1.75. The van der Waals surface area contributed by atoms with E-state index in [0.717, 1.165) is 31.0 Å². The molecule has 3 rings (SSSR count). The molecule has 3 heterocycles. The van der Waals surface area contributed by atoms with Crippen molar-refractivity contribution < 1.29 is 4.74 Å². The Labute approximate surface area is 123 Å². The Kier molecular flexibility index (Phi) is 3.84. The molecule has 21 heavy (non-hydrogen) atoms. The average Bonchev–Trinajstić information content (AvgIpc) is 3.04. The van der Waals surface area contributed by atoms with Gasteiger partial charge in [-0.25, -0.2) is 4.98 Å². The maximum atomic E-state index is 8.99. The first-order valence-electron chi connectivity index (χ1n) is 7.05. The second-order valence-electron chi connectivity index (χ2n) is 4.95. The van der Waals surface area contributed by atoms with Crippen molar-refractivity contribution in [3.05, 3.63) is 41.9 Å². The van der Waals surface area contributed by atoms with Crippen LogP contribution in [-0.4, -0.2) is 34.5 Å². The van der Waals surface area contributed by atoms with Crippen LogP contribution in [0.25, 0.3) is 0 Å². The number of nitriles is 1. The summed E-state index contributed by atoms with van der Waals surface area (Å²) >= 11 is 0. The summed E-state index contributed by atoms with van der Waals surface area (Å²) in [7, 11) is 0. The summed E-state index contributed by atoms with van der Waals surface area (Å²) in [6.07, 6.45) is 5.55. The van der Waals surface area contributed by atoms with Crippen LogP contribution in [-0.2, 0) is 11.3 Å². The third-order valence-corrected chi connectivity index (χ3v) is 3.61. The average molecular weight is 283 g/mol. The molecule has 2 aromatic rings. The summed E-state index contributed by atoms with van der Waals surface area (Å²) in [6, 6.07) is 5.68. The second kappa shape index (κ2) is 5.94. The number of rotatable bonds is 3. The van der Waals surface area contributed by atoms with Crippen molar-refractivity contribution in [2.24, 2.45) is 0 Å². The Morgan fingerprint density at radius 2 is 2.43 bits per heavy atom. The van der Waals surface area contributed by atoms with E-state index in [1.54, 1.807) is 12.3 Å². The first-order chi connectivity index (χ1) is 10.3. The number of aryl methyl sites for hydroxylation is 1. The quantitative estimate of drug-likeness (QED) is 0.858. The number of ether oxygens (including phenoxy) is 1. The van der Waals surface area contributed by atoms with Gasteiger partial charge < -0.3 is 9.64 Å². The van der Waals surface area contributed by atoms with Gasteiger partial charge in [-0.3, -0.25) is 4.68 Å². The molecule has 1 saturated heterocycles. The molecular weight excluding hydrogens is 266 g/mol. The van der Waals surface area contributed by atoms with Crippen LogP contribution < -0.4 is 4.90 Å². The number of anilines is 1. The van der Waals surface area contributed by atoms with Crippen LogP contribution in [0.3, 0.4) is 0 Å². The zero-order valence-electron chi connectivity index (χ0n) is 11.9. The highest BCUT2D eigenvalue weighted by Gasteiger charge is 2.24. The summed E-state index contributed by atoms with van der Waals surface area (Å²) < 4.78 is 7.74. The van der Waals surface area contributed by atoms with E-state index in [2.05, 4.69) is 28.0 Å². The fourth-order valence-electron chi connectivity index (χ4n) is 2.44. The van der Waals surface area contributed by atoms with Gasteiger partial charge in [0.1, 0.15) is 11.9 Å². The van der Waals surface area contributed by atoms with Crippen LogP contribution in [0.4, 0.5) is 5.82 Å². The second-order valence-corrected chi connectivity index (χ2v) is 4.95. The standard InChI is InChI=1S/C15H17N5O/c1-2-20-10-13(9-18-20)14-11-19(5-6-21-14)15-7-12(8-16)3-4-17-15/h3-4,7,9-10,14H,2,5-6,11H2,1H3/t14-/m1/s1. The van der Waals surface area contributed by atoms with Crippen molar-refractivity contribution >= 4 is 5.82 Å². The van der Waals surface area contributed by atoms with E-state index in [0.29, 0.717) is 12.2 Å². The molecule has 108 valence electrons. The summed E-state index contributed by atoms with van der Waals surface area (Å²) in [5.41, 5.74) is 1.71. The molecular formula is C15H17N5O. The van der Waals surface area contributed by atoms with Gasteiger partial charge in [0.05, 0.1) is 24.4 Å². The molecule has 0 unspecified atom stereocenters. The number of hydrogen-bond donors (Lipinski definition) is 0. The fraction of sp³-hybridized carbons (Fsp3) is 0.400. The van der Waals surface area contributed by atoms with Crippen LogP contribution in [0.1, 0.15) is 24.2 Å². The lowest BCUT2D eigenvalue weighted by Crippen LogP contribution is -2.38. The van der Waals surface area contributed by atoms with Crippen molar-refractivity contribution in [1.29, 1.82) is 5.26 Å². The maximum Gasteiger partial charge on any atom is 0.129 e. The van der Waals surface area contributed by atoms with Gasteiger partial charge in [0.25, 0.3) is 0 Å². The van der Waals surface area contributed by atoms with Crippen molar-refractivity contribution in [3.8, 4) is 6.07 Å². The van der Waals surface area contributed by atoms with Crippen molar-refractivity contribution in [2.75, 3.05) is 24.6 Å². The Morgan fingerprint density at radius 1 is 1.52 bits per heavy atom. The molecule has 1 aliphatic heterocycles. The summed E-state index contributed by atoms with van der Waals surface area (Å²) in [5.74, 6) is 0.824. The minimum atomic E-state index is -0.00779. The Balaban J connectivity index is 1.77. The minimum absolute atomic E-state index is 0.00779. The fourth-order valence-corrected chi connectivity index (χ4v) is 2.44. The molecule has 1 aliphatic rings. The van der Waals surface area contributed by atoms with E-state index < -0.39 is 0 Å². The van der Waals surface area contributed by atoms with Crippen LogP contribution in [0, 0.1) is 11.3 Å². The summed E-state index contributed by atoms with van der Waals surface area (Å²) in [6.45, 7) is 5.04. The van der Waals surface area contributed by atoms with E-state index >= 15 is 0 Å². The SMILES string of the molecule is CCn1cc([C@H]2CN(c3cc(C#N)ccn3)CCO2)cn1. The zero-order chi connectivity index (χ0) is 14.7. The highest BCUT2D eigenvalue weighted by Crippen LogP contribution is 2.25. The van der Waals surface area contributed by atoms with Gasteiger partial charge in [-0.15, -0.1) is 0 Å². The third kappa shape index (κ3) is 2.88. The van der Waals surface area contributed by atoms with Crippen molar-refractivity contribution in [3.63, 3.8) is 0 Å². The van der Waals surface area contributed by atoms with E-state index in [1.165, 1.54) is 0 Å². The number of pyridine rings is 1. The van der Waals surface area contributed by atoms with Crippen LogP contribution in [0.2, 0.25) is 0 Å².